The fourth-order valence-corrected chi connectivity index (χ4v) is 5.33. The third-order valence-electron chi connectivity index (χ3n) is 3.55. The zero-order chi connectivity index (χ0) is 13.7. The Labute approximate surface area is 124 Å². The van der Waals surface area contributed by atoms with Gasteiger partial charge < -0.3 is 5.32 Å². The highest BCUT2D eigenvalue weighted by atomic mass is 35.5. The lowest BCUT2D eigenvalue weighted by atomic mass is 10.0. The van der Waals surface area contributed by atoms with Crippen LogP contribution in [0.2, 0.25) is 4.34 Å². The Bertz CT molecular complexity index is 492. The van der Waals surface area contributed by atoms with E-state index in [0.717, 1.165) is 34.9 Å². The molecule has 0 bridgehead atoms. The molecule has 3 nitrogen and oxygen atoms in total. The molecule has 1 N–H and O–H groups in total. The van der Waals surface area contributed by atoms with Crippen LogP contribution in [-0.4, -0.2) is 26.0 Å². The minimum atomic E-state index is -2.92. The Morgan fingerprint density at radius 1 is 1.26 bits per heavy atom. The third kappa shape index (κ3) is 4.74. The lowest BCUT2D eigenvalue weighted by molar-refractivity contribution is 0.482. The van der Waals surface area contributed by atoms with Crippen LogP contribution in [0.1, 0.15) is 37.0 Å². The molecule has 0 aliphatic heterocycles. The van der Waals surface area contributed by atoms with E-state index in [1.165, 1.54) is 17.8 Å². The Hall–Kier alpha value is -0.100. The molecule has 1 aromatic heterocycles. The summed E-state index contributed by atoms with van der Waals surface area (Å²) in [7, 11) is -2.92. The number of hydrogen-bond acceptors (Lipinski definition) is 4. The molecule has 0 amide bonds. The zero-order valence-corrected chi connectivity index (χ0v) is 13.3. The Kier molecular flexibility index (Phi) is 5.69. The molecule has 1 saturated carbocycles. The predicted octanol–water partition coefficient (Wildman–Crippen LogP) is 3.24. The van der Waals surface area contributed by atoms with Crippen LogP contribution in [0, 0.1) is 0 Å². The second kappa shape index (κ2) is 7.07. The molecule has 0 aromatic carbocycles. The molecular formula is C13H20ClNO2S2. The Morgan fingerprint density at radius 3 is 2.63 bits per heavy atom. The van der Waals surface area contributed by atoms with E-state index in [0.29, 0.717) is 13.1 Å². The quantitative estimate of drug-likeness (QED) is 0.818. The number of rotatable bonds is 6. The molecule has 1 aliphatic rings. The van der Waals surface area contributed by atoms with Crippen LogP contribution in [0.25, 0.3) is 0 Å². The van der Waals surface area contributed by atoms with Gasteiger partial charge in [-0.15, -0.1) is 11.3 Å². The maximum atomic E-state index is 12.1. The smallest absolute Gasteiger partial charge is 0.154 e. The second-order valence-corrected chi connectivity index (χ2v) is 9.21. The first-order valence-corrected chi connectivity index (χ1v) is 9.65. The Balaban J connectivity index is 1.72. The molecule has 0 spiro atoms. The predicted molar refractivity (Wildman–Crippen MR) is 81.7 cm³/mol. The summed E-state index contributed by atoms with van der Waals surface area (Å²) in [4.78, 5) is 1.14. The maximum Gasteiger partial charge on any atom is 0.154 e. The largest absolute Gasteiger partial charge is 0.311 e. The lowest BCUT2D eigenvalue weighted by Gasteiger charge is -2.21. The van der Waals surface area contributed by atoms with Crippen molar-refractivity contribution in [2.45, 2.75) is 43.9 Å². The van der Waals surface area contributed by atoms with Gasteiger partial charge in [0.2, 0.25) is 0 Å². The summed E-state index contributed by atoms with van der Waals surface area (Å²) >= 11 is 7.37. The van der Waals surface area contributed by atoms with Gasteiger partial charge in [-0.25, -0.2) is 8.42 Å². The minimum Gasteiger partial charge on any atom is -0.311 e. The minimum absolute atomic E-state index is 0.0979. The van der Waals surface area contributed by atoms with Gasteiger partial charge in [0.25, 0.3) is 0 Å². The van der Waals surface area contributed by atoms with E-state index >= 15 is 0 Å². The van der Waals surface area contributed by atoms with E-state index in [-0.39, 0.29) is 11.0 Å². The zero-order valence-electron chi connectivity index (χ0n) is 10.9. The number of thiophene rings is 1. The van der Waals surface area contributed by atoms with Crippen LogP contribution >= 0.6 is 22.9 Å². The molecular weight excluding hydrogens is 302 g/mol. The van der Waals surface area contributed by atoms with E-state index < -0.39 is 9.84 Å². The number of halogens is 1. The van der Waals surface area contributed by atoms with Gasteiger partial charge in [0.05, 0.1) is 15.3 Å². The fourth-order valence-electron chi connectivity index (χ4n) is 2.46. The summed E-state index contributed by atoms with van der Waals surface area (Å²) in [6, 6.07) is 3.83. The summed E-state index contributed by atoms with van der Waals surface area (Å²) in [6.45, 7) is 1.21. The van der Waals surface area contributed by atoms with Gasteiger partial charge in [-0.1, -0.05) is 30.9 Å². The molecule has 0 atom stereocenters. The molecule has 1 aromatic rings. The van der Waals surface area contributed by atoms with E-state index in [2.05, 4.69) is 5.32 Å². The highest BCUT2D eigenvalue weighted by molar-refractivity contribution is 7.92. The van der Waals surface area contributed by atoms with Crippen molar-refractivity contribution in [1.82, 2.24) is 5.32 Å². The molecule has 1 fully saturated rings. The summed E-state index contributed by atoms with van der Waals surface area (Å²) in [5, 5.41) is 3.08. The van der Waals surface area contributed by atoms with E-state index in [9.17, 15) is 8.42 Å². The first-order chi connectivity index (χ1) is 9.08. The van der Waals surface area contributed by atoms with Crippen molar-refractivity contribution in [3.05, 3.63) is 21.3 Å². The van der Waals surface area contributed by atoms with Crippen LogP contribution in [0.4, 0.5) is 0 Å². The van der Waals surface area contributed by atoms with E-state index in [1.54, 1.807) is 0 Å². The summed E-state index contributed by atoms with van der Waals surface area (Å²) in [6.07, 6.45) is 5.01. The SMILES string of the molecule is O=S(=O)(CCNCc1ccc(Cl)s1)C1CCCCC1. The van der Waals surface area contributed by atoms with Crippen LogP contribution in [0.3, 0.4) is 0 Å². The topological polar surface area (TPSA) is 46.2 Å². The standard InChI is InChI=1S/C13H20ClNO2S2/c14-13-7-6-11(18-13)10-15-8-9-19(16,17)12-4-2-1-3-5-12/h6-7,12,15H,1-5,8-10H2. The molecule has 0 radical (unpaired) electrons. The summed E-state index contributed by atoms with van der Waals surface area (Å²) in [5.74, 6) is 0.247. The fraction of sp³-hybridized carbons (Fsp3) is 0.692. The third-order valence-corrected chi connectivity index (χ3v) is 7.04. The lowest BCUT2D eigenvalue weighted by Crippen LogP contribution is -2.31. The van der Waals surface area contributed by atoms with Crippen molar-refractivity contribution in [3.63, 3.8) is 0 Å². The van der Waals surface area contributed by atoms with Crippen molar-refractivity contribution in [3.8, 4) is 0 Å². The number of sulfone groups is 1. The van der Waals surface area contributed by atoms with E-state index in [1.807, 2.05) is 12.1 Å². The Morgan fingerprint density at radius 2 is 2.00 bits per heavy atom. The van der Waals surface area contributed by atoms with Crippen LogP contribution in [-0.2, 0) is 16.4 Å². The van der Waals surface area contributed by atoms with E-state index in [4.69, 9.17) is 11.6 Å². The maximum absolute atomic E-state index is 12.1. The number of hydrogen-bond donors (Lipinski definition) is 1. The molecule has 1 heterocycles. The van der Waals surface area contributed by atoms with Gasteiger partial charge in [0, 0.05) is 18.0 Å². The molecule has 0 saturated heterocycles. The summed E-state index contributed by atoms with van der Waals surface area (Å²) in [5.41, 5.74) is 0. The first kappa shape index (κ1) is 15.3. The number of nitrogens with one attached hydrogen (secondary N) is 1. The molecule has 2 rings (SSSR count). The highest BCUT2D eigenvalue weighted by Crippen LogP contribution is 2.24. The van der Waals surface area contributed by atoms with Gasteiger partial charge in [0.1, 0.15) is 0 Å². The van der Waals surface area contributed by atoms with Gasteiger partial charge in [0.15, 0.2) is 9.84 Å². The van der Waals surface area contributed by atoms with Crippen molar-refractivity contribution >= 4 is 32.8 Å². The average molecular weight is 322 g/mol. The summed E-state index contributed by atoms with van der Waals surface area (Å²) < 4.78 is 25.1. The molecule has 19 heavy (non-hydrogen) atoms. The van der Waals surface area contributed by atoms with Crippen LogP contribution in [0.15, 0.2) is 12.1 Å². The normalized spacial score (nSPS) is 17.7. The van der Waals surface area contributed by atoms with Gasteiger partial charge in [-0.05, 0) is 25.0 Å². The second-order valence-electron chi connectivity index (χ2n) is 5.01. The monoisotopic (exact) mass is 321 g/mol. The molecule has 108 valence electrons. The van der Waals surface area contributed by atoms with Crippen molar-refractivity contribution in [1.29, 1.82) is 0 Å². The van der Waals surface area contributed by atoms with Gasteiger partial charge in [-0.2, -0.15) is 0 Å². The van der Waals surface area contributed by atoms with Crippen molar-refractivity contribution < 1.29 is 8.42 Å². The van der Waals surface area contributed by atoms with Crippen LogP contribution in [0.5, 0.6) is 0 Å². The molecule has 6 heteroatoms. The van der Waals surface area contributed by atoms with Crippen LogP contribution < -0.4 is 5.32 Å². The average Bonchev–Trinajstić information content (AvgIpc) is 2.82. The van der Waals surface area contributed by atoms with Crippen molar-refractivity contribution in [2.24, 2.45) is 0 Å². The first-order valence-electron chi connectivity index (χ1n) is 6.74. The molecule has 1 aliphatic carbocycles. The molecule has 0 unspecified atom stereocenters. The van der Waals surface area contributed by atoms with Gasteiger partial charge in [-0.3, -0.25) is 0 Å². The van der Waals surface area contributed by atoms with Gasteiger partial charge >= 0.3 is 0 Å². The van der Waals surface area contributed by atoms with Crippen molar-refractivity contribution in [2.75, 3.05) is 12.3 Å². The highest BCUT2D eigenvalue weighted by Gasteiger charge is 2.26.